The first-order valence-corrected chi connectivity index (χ1v) is 7.59. The van der Waals surface area contributed by atoms with Gasteiger partial charge in [-0.15, -0.1) is 0 Å². The van der Waals surface area contributed by atoms with Crippen molar-refractivity contribution >= 4 is 17.5 Å². The number of amides is 2. The minimum absolute atomic E-state index is 0.0407. The highest BCUT2D eigenvalue weighted by Gasteiger charge is 2.24. The average molecular weight is 284 g/mol. The Kier molecular flexibility index (Phi) is 4.04. The number of hydrogen-bond donors (Lipinski definition) is 2. The van der Waals surface area contributed by atoms with E-state index in [1.165, 1.54) is 0 Å². The van der Waals surface area contributed by atoms with Crippen molar-refractivity contribution in [3.63, 3.8) is 0 Å². The fourth-order valence-electron chi connectivity index (χ4n) is 2.51. The lowest BCUT2D eigenvalue weighted by Crippen LogP contribution is -2.26. The van der Waals surface area contributed by atoms with Crippen LogP contribution in [0.15, 0.2) is 36.4 Å². The van der Waals surface area contributed by atoms with E-state index in [4.69, 9.17) is 0 Å². The predicted octanol–water partition coefficient (Wildman–Crippen LogP) is 2.87. The molecule has 2 aliphatic rings. The van der Waals surface area contributed by atoms with Crippen LogP contribution in [0.2, 0.25) is 0 Å². The first-order valence-electron chi connectivity index (χ1n) is 7.59. The normalized spacial score (nSPS) is 20.9. The Balaban J connectivity index is 1.63. The van der Waals surface area contributed by atoms with Crippen molar-refractivity contribution in [3.05, 3.63) is 42.0 Å². The third kappa shape index (κ3) is 3.72. The van der Waals surface area contributed by atoms with Crippen LogP contribution in [0.25, 0.3) is 0 Å². The number of nitrogens with one attached hydrogen (secondary N) is 2. The van der Waals surface area contributed by atoms with Crippen LogP contribution in [0.3, 0.4) is 0 Å². The number of rotatable bonds is 4. The largest absolute Gasteiger partial charge is 0.349 e. The molecule has 4 heteroatoms. The van der Waals surface area contributed by atoms with E-state index in [0.717, 1.165) is 32.1 Å². The van der Waals surface area contributed by atoms with E-state index in [9.17, 15) is 9.59 Å². The molecule has 0 bridgehead atoms. The lowest BCUT2D eigenvalue weighted by Gasteiger charge is -2.17. The molecule has 0 heterocycles. The summed E-state index contributed by atoms with van der Waals surface area (Å²) in [6.07, 6.45) is 8.97. The molecule has 1 saturated carbocycles. The summed E-state index contributed by atoms with van der Waals surface area (Å²) in [5.41, 5.74) is 1.29. The van der Waals surface area contributed by atoms with Gasteiger partial charge in [0.2, 0.25) is 5.91 Å². The van der Waals surface area contributed by atoms with Gasteiger partial charge in [-0.1, -0.05) is 18.2 Å². The predicted molar refractivity (Wildman–Crippen MR) is 82.0 cm³/mol. The summed E-state index contributed by atoms with van der Waals surface area (Å²) in [7, 11) is 0. The molecule has 4 nitrogen and oxygen atoms in total. The summed E-state index contributed by atoms with van der Waals surface area (Å²) in [5, 5.41) is 5.88. The van der Waals surface area contributed by atoms with Crippen molar-refractivity contribution in [3.8, 4) is 0 Å². The topological polar surface area (TPSA) is 58.2 Å². The Hall–Kier alpha value is -2.10. The second kappa shape index (κ2) is 6.12. The summed E-state index contributed by atoms with van der Waals surface area (Å²) in [4.78, 5) is 24.2. The molecule has 110 valence electrons. The Morgan fingerprint density at radius 2 is 1.95 bits per heavy atom. The van der Waals surface area contributed by atoms with Crippen LogP contribution in [0.1, 0.15) is 42.5 Å². The molecule has 1 aromatic rings. The molecule has 2 amide bonds. The van der Waals surface area contributed by atoms with Gasteiger partial charge in [0, 0.05) is 23.2 Å². The van der Waals surface area contributed by atoms with Gasteiger partial charge in [-0.25, -0.2) is 0 Å². The van der Waals surface area contributed by atoms with Crippen molar-refractivity contribution in [1.29, 1.82) is 0 Å². The summed E-state index contributed by atoms with van der Waals surface area (Å²) < 4.78 is 0. The minimum Gasteiger partial charge on any atom is -0.349 e. The first kappa shape index (κ1) is 13.9. The van der Waals surface area contributed by atoms with E-state index < -0.39 is 0 Å². The van der Waals surface area contributed by atoms with Crippen molar-refractivity contribution in [2.24, 2.45) is 5.92 Å². The minimum atomic E-state index is -0.0609. The average Bonchev–Trinajstić information content (AvgIpc) is 3.32. The van der Waals surface area contributed by atoms with Gasteiger partial charge in [-0.05, 0) is 50.3 Å². The van der Waals surface area contributed by atoms with Crippen LogP contribution in [-0.4, -0.2) is 17.9 Å². The second-order valence-electron chi connectivity index (χ2n) is 5.80. The summed E-state index contributed by atoms with van der Waals surface area (Å²) in [5.74, 6) is 0.0206. The zero-order valence-electron chi connectivity index (χ0n) is 12.0. The number of allylic oxidation sites excluding steroid dienone is 2. The first-order chi connectivity index (χ1) is 10.2. The molecule has 1 aromatic carbocycles. The summed E-state index contributed by atoms with van der Waals surface area (Å²) in [6, 6.07) is 7.48. The highest BCUT2D eigenvalue weighted by Crippen LogP contribution is 2.22. The third-order valence-corrected chi connectivity index (χ3v) is 3.94. The van der Waals surface area contributed by atoms with Crippen molar-refractivity contribution in [2.75, 3.05) is 5.32 Å². The van der Waals surface area contributed by atoms with E-state index in [1.54, 1.807) is 18.2 Å². The summed E-state index contributed by atoms with van der Waals surface area (Å²) >= 11 is 0. The molecular formula is C17H20N2O2. The molecule has 0 spiro atoms. The number of carbonyl (C=O) groups excluding carboxylic acids is 2. The number of anilines is 1. The maximum Gasteiger partial charge on any atom is 0.251 e. The molecular weight excluding hydrogens is 264 g/mol. The van der Waals surface area contributed by atoms with Gasteiger partial charge in [-0.3, -0.25) is 9.59 Å². The molecule has 21 heavy (non-hydrogen) atoms. The molecule has 1 unspecified atom stereocenters. The lowest BCUT2D eigenvalue weighted by atomic mass is 9.93. The smallest absolute Gasteiger partial charge is 0.251 e. The van der Waals surface area contributed by atoms with Gasteiger partial charge in [0.05, 0.1) is 0 Å². The van der Waals surface area contributed by atoms with Gasteiger partial charge in [0.25, 0.3) is 5.91 Å². The highest BCUT2D eigenvalue weighted by molar-refractivity contribution is 5.98. The van der Waals surface area contributed by atoms with Crippen molar-refractivity contribution < 1.29 is 9.59 Å². The second-order valence-corrected chi connectivity index (χ2v) is 5.80. The van der Waals surface area contributed by atoms with Crippen molar-refractivity contribution in [1.82, 2.24) is 5.32 Å². The van der Waals surface area contributed by atoms with Gasteiger partial charge >= 0.3 is 0 Å². The van der Waals surface area contributed by atoms with Gasteiger partial charge in [0.1, 0.15) is 0 Å². The van der Waals surface area contributed by atoms with Gasteiger partial charge in [-0.2, -0.15) is 0 Å². The molecule has 0 radical (unpaired) electrons. The zero-order chi connectivity index (χ0) is 14.7. The van der Waals surface area contributed by atoms with E-state index in [0.29, 0.717) is 17.3 Å². The van der Waals surface area contributed by atoms with Gasteiger partial charge in [0.15, 0.2) is 0 Å². The van der Waals surface area contributed by atoms with Crippen LogP contribution >= 0.6 is 0 Å². The lowest BCUT2D eigenvalue weighted by molar-refractivity contribution is -0.120. The van der Waals surface area contributed by atoms with Crippen LogP contribution in [0, 0.1) is 5.92 Å². The molecule has 0 aliphatic heterocycles. The highest BCUT2D eigenvalue weighted by atomic mass is 16.2. The Morgan fingerprint density at radius 1 is 1.10 bits per heavy atom. The zero-order valence-corrected chi connectivity index (χ0v) is 12.0. The van der Waals surface area contributed by atoms with E-state index in [-0.39, 0.29) is 17.7 Å². The fourth-order valence-corrected chi connectivity index (χ4v) is 2.51. The van der Waals surface area contributed by atoms with Crippen LogP contribution < -0.4 is 10.6 Å². The van der Waals surface area contributed by atoms with E-state index >= 15 is 0 Å². The molecule has 1 fully saturated rings. The Bertz CT molecular complexity index is 576. The Morgan fingerprint density at radius 3 is 2.67 bits per heavy atom. The van der Waals surface area contributed by atoms with Gasteiger partial charge < -0.3 is 10.6 Å². The maximum atomic E-state index is 12.2. The Labute approximate surface area is 124 Å². The fraction of sp³-hybridized carbons (Fsp3) is 0.412. The van der Waals surface area contributed by atoms with E-state index in [1.807, 2.05) is 6.07 Å². The SMILES string of the molecule is O=C(NC1CC1)c1cccc(NC(=O)C2CC=CCC2)c1. The third-order valence-electron chi connectivity index (χ3n) is 3.94. The maximum absolute atomic E-state index is 12.2. The van der Waals surface area contributed by atoms with Crippen LogP contribution in [0.4, 0.5) is 5.69 Å². The number of benzene rings is 1. The van der Waals surface area contributed by atoms with Crippen molar-refractivity contribution in [2.45, 2.75) is 38.1 Å². The number of hydrogen-bond acceptors (Lipinski definition) is 2. The van der Waals surface area contributed by atoms with Crippen LogP contribution in [0.5, 0.6) is 0 Å². The van der Waals surface area contributed by atoms with Crippen LogP contribution in [-0.2, 0) is 4.79 Å². The van der Waals surface area contributed by atoms with E-state index in [2.05, 4.69) is 22.8 Å². The molecule has 0 saturated heterocycles. The molecule has 0 aromatic heterocycles. The molecule has 2 N–H and O–H groups in total. The molecule has 1 atom stereocenters. The molecule has 3 rings (SSSR count). The monoisotopic (exact) mass is 284 g/mol. The summed E-state index contributed by atoms with van der Waals surface area (Å²) in [6.45, 7) is 0. The molecule has 2 aliphatic carbocycles. The standard InChI is InChI=1S/C17H20N2O2/c20-16(12-5-2-1-3-6-12)19-15-8-4-7-13(11-15)17(21)18-14-9-10-14/h1-2,4,7-8,11-12,14H,3,5-6,9-10H2,(H,18,21)(H,19,20). The number of carbonyl (C=O) groups is 2. The quantitative estimate of drug-likeness (QED) is 0.835.